The van der Waals surface area contributed by atoms with E-state index >= 15 is 0 Å². The summed E-state index contributed by atoms with van der Waals surface area (Å²) in [5, 5.41) is 6.69. The summed E-state index contributed by atoms with van der Waals surface area (Å²) >= 11 is 0. The monoisotopic (exact) mass is 403 g/mol. The molecule has 1 aromatic carbocycles. The normalized spacial score (nSPS) is 16.5. The van der Waals surface area contributed by atoms with Gasteiger partial charge in [0.15, 0.2) is 17.5 Å². The summed E-state index contributed by atoms with van der Waals surface area (Å²) in [6.07, 6.45) is 3.47. The Morgan fingerprint density at radius 2 is 1.97 bits per heavy atom. The standard InChI is InChI=1S/C21H29N3O5/c1-25-18-11-16(12-19(26-2)20(18)27-3)24-21(23-13-15-7-10-28-14-15)22-8-6-17-5-4-9-29-17/h4-5,9,11-12,15H,6-8,10,13-14H2,1-3H3,(H2,22,23,24). The minimum Gasteiger partial charge on any atom is -0.493 e. The van der Waals surface area contributed by atoms with Crippen molar-refractivity contribution >= 4 is 11.6 Å². The second-order valence-corrected chi connectivity index (χ2v) is 6.71. The predicted molar refractivity (Wildman–Crippen MR) is 111 cm³/mol. The fourth-order valence-corrected chi connectivity index (χ4v) is 3.14. The Labute approximate surface area is 171 Å². The van der Waals surface area contributed by atoms with E-state index in [1.165, 1.54) is 0 Å². The van der Waals surface area contributed by atoms with Crippen molar-refractivity contribution in [2.75, 3.05) is 52.9 Å². The Hall–Kier alpha value is -2.87. The van der Waals surface area contributed by atoms with Gasteiger partial charge in [-0.2, -0.15) is 0 Å². The van der Waals surface area contributed by atoms with Crippen LogP contribution in [0.25, 0.3) is 0 Å². The van der Waals surface area contributed by atoms with E-state index < -0.39 is 0 Å². The lowest BCUT2D eigenvalue weighted by molar-refractivity contribution is 0.187. The number of aliphatic imine (C=N–C) groups is 1. The SMILES string of the molecule is COc1cc(NC(=NCC2CCOC2)NCCc2ccco2)cc(OC)c1OC. The number of hydrogen-bond acceptors (Lipinski definition) is 6. The van der Waals surface area contributed by atoms with Gasteiger partial charge in [-0.05, 0) is 18.6 Å². The topological polar surface area (TPSA) is 86.5 Å². The van der Waals surface area contributed by atoms with Gasteiger partial charge in [0, 0.05) is 49.9 Å². The fraction of sp³-hybridized carbons (Fsp3) is 0.476. The maximum Gasteiger partial charge on any atom is 0.203 e. The molecule has 8 nitrogen and oxygen atoms in total. The number of benzene rings is 1. The van der Waals surface area contributed by atoms with E-state index in [2.05, 4.69) is 10.6 Å². The lowest BCUT2D eigenvalue weighted by Gasteiger charge is -2.17. The molecule has 1 aromatic heterocycles. The van der Waals surface area contributed by atoms with Crippen LogP contribution in [0, 0.1) is 5.92 Å². The van der Waals surface area contributed by atoms with Gasteiger partial charge in [0.25, 0.3) is 0 Å². The molecular weight excluding hydrogens is 374 g/mol. The molecule has 1 saturated heterocycles. The van der Waals surface area contributed by atoms with Crippen LogP contribution in [-0.4, -0.2) is 53.6 Å². The van der Waals surface area contributed by atoms with Gasteiger partial charge in [-0.1, -0.05) is 0 Å². The van der Waals surface area contributed by atoms with Crippen LogP contribution in [0.2, 0.25) is 0 Å². The second kappa shape index (κ2) is 10.6. The third kappa shape index (κ3) is 5.80. The van der Waals surface area contributed by atoms with E-state index in [4.69, 9.17) is 28.4 Å². The number of guanidine groups is 1. The highest BCUT2D eigenvalue weighted by molar-refractivity contribution is 5.94. The molecule has 1 aliphatic rings. The number of methoxy groups -OCH3 is 3. The summed E-state index contributed by atoms with van der Waals surface area (Å²) in [4.78, 5) is 4.74. The predicted octanol–water partition coefficient (Wildman–Crippen LogP) is 2.94. The molecular formula is C21H29N3O5. The van der Waals surface area contributed by atoms with Gasteiger partial charge in [0.1, 0.15) is 5.76 Å². The Kier molecular flexibility index (Phi) is 7.63. The Bertz CT molecular complexity index is 761. The molecule has 0 saturated carbocycles. The maximum atomic E-state index is 5.45. The highest BCUT2D eigenvalue weighted by Crippen LogP contribution is 2.39. The minimum absolute atomic E-state index is 0.443. The highest BCUT2D eigenvalue weighted by Gasteiger charge is 2.17. The molecule has 0 spiro atoms. The maximum absolute atomic E-state index is 5.45. The van der Waals surface area contributed by atoms with Gasteiger partial charge >= 0.3 is 0 Å². The van der Waals surface area contributed by atoms with E-state index in [0.29, 0.717) is 42.2 Å². The number of anilines is 1. The van der Waals surface area contributed by atoms with Crippen molar-refractivity contribution in [2.45, 2.75) is 12.8 Å². The third-order valence-corrected chi connectivity index (χ3v) is 4.70. The summed E-state index contributed by atoms with van der Waals surface area (Å²) in [6, 6.07) is 7.55. The largest absolute Gasteiger partial charge is 0.493 e. The molecule has 1 atom stereocenters. The minimum atomic E-state index is 0.443. The molecule has 2 N–H and O–H groups in total. The second-order valence-electron chi connectivity index (χ2n) is 6.71. The van der Waals surface area contributed by atoms with Gasteiger partial charge in [-0.25, -0.2) is 0 Å². The van der Waals surface area contributed by atoms with Gasteiger partial charge in [-0.15, -0.1) is 0 Å². The smallest absolute Gasteiger partial charge is 0.203 e. The number of rotatable bonds is 9. The van der Waals surface area contributed by atoms with Crippen LogP contribution in [-0.2, 0) is 11.2 Å². The van der Waals surface area contributed by atoms with Crippen LogP contribution in [0.4, 0.5) is 5.69 Å². The summed E-state index contributed by atoms with van der Waals surface area (Å²) in [6.45, 7) is 2.94. The van der Waals surface area contributed by atoms with Crippen LogP contribution in [0.3, 0.4) is 0 Å². The molecule has 1 fully saturated rings. The van der Waals surface area contributed by atoms with Crippen molar-refractivity contribution in [1.82, 2.24) is 5.32 Å². The molecule has 29 heavy (non-hydrogen) atoms. The molecule has 1 unspecified atom stereocenters. The van der Waals surface area contributed by atoms with Crippen LogP contribution in [0.15, 0.2) is 39.9 Å². The fourth-order valence-electron chi connectivity index (χ4n) is 3.14. The Morgan fingerprint density at radius 3 is 2.55 bits per heavy atom. The summed E-state index contributed by atoms with van der Waals surface area (Å²) in [5.41, 5.74) is 0.784. The van der Waals surface area contributed by atoms with Crippen molar-refractivity contribution in [3.63, 3.8) is 0 Å². The zero-order valence-electron chi connectivity index (χ0n) is 17.2. The van der Waals surface area contributed by atoms with Crippen LogP contribution in [0.1, 0.15) is 12.2 Å². The molecule has 3 rings (SSSR count). The quantitative estimate of drug-likeness (QED) is 0.492. The number of furan rings is 1. The van der Waals surface area contributed by atoms with Gasteiger partial charge in [-0.3, -0.25) is 4.99 Å². The van der Waals surface area contributed by atoms with E-state index in [0.717, 1.165) is 37.5 Å². The van der Waals surface area contributed by atoms with Crippen molar-refractivity contribution in [1.29, 1.82) is 0 Å². The van der Waals surface area contributed by atoms with Gasteiger partial charge in [0.05, 0.1) is 34.2 Å². The Morgan fingerprint density at radius 1 is 1.17 bits per heavy atom. The average molecular weight is 403 g/mol. The summed E-state index contributed by atoms with van der Waals surface area (Å²) < 4.78 is 27.1. The molecule has 1 aliphatic heterocycles. The first-order chi connectivity index (χ1) is 14.2. The molecule has 0 radical (unpaired) electrons. The van der Waals surface area contributed by atoms with Crippen LogP contribution in [0.5, 0.6) is 17.2 Å². The van der Waals surface area contributed by atoms with Gasteiger partial charge in [0.2, 0.25) is 5.75 Å². The number of nitrogens with zero attached hydrogens (tertiary/aromatic N) is 1. The lowest BCUT2D eigenvalue weighted by Crippen LogP contribution is -2.33. The molecule has 2 heterocycles. The van der Waals surface area contributed by atoms with Gasteiger partial charge < -0.3 is 34.0 Å². The first-order valence-electron chi connectivity index (χ1n) is 9.69. The summed E-state index contributed by atoms with van der Waals surface area (Å²) in [7, 11) is 4.77. The number of nitrogens with one attached hydrogen (secondary N) is 2. The van der Waals surface area contributed by atoms with E-state index in [1.54, 1.807) is 27.6 Å². The zero-order chi connectivity index (χ0) is 20.5. The lowest BCUT2D eigenvalue weighted by atomic mass is 10.1. The zero-order valence-corrected chi connectivity index (χ0v) is 17.2. The molecule has 0 aliphatic carbocycles. The van der Waals surface area contributed by atoms with E-state index in [9.17, 15) is 0 Å². The third-order valence-electron chi connectivity index (χ3n) is 4.70. The van der Waals surface area contributed by atoms with E-state index in [-0.39, 0.29) is 0 Å². The first-order valence-corrected chi connectivity index (χ1v) is 9.69. The molecule has 0 amide bonds. The average Bonchev–Trinajstić information content (AvgIpc) is 3.45. The van der Waals surface area contributed by atoms with E-state index in [1.807, 2.05) is 24.3 Å². The Balaban J connectivity index is 1.72. The number of hydrogen-bond donors (Lipinski definition) is 2. The molecule has 2 aromatic rings. The van der Waals surface area contributed by atoms with Crippen molar-refractivity contribution < 1.29 is 23.4 Å². The number of ether oxygens (including phenoxy) is 4. The molecule has 0 bridgehead atoms. The molecule has 8 heteroatoms. The molecule has 158 valence electrons. The van der Waals surface area contributed by atoms with Crippen molar-refractivity contribution in [3.05, 3.63) is 36.3 Å². The highest BCUT2D eigenvalue weighted by atomic mass is 16.5. The summed E-state index contributed by atoms with van der Waals surface area (Å²) in [5.74, 6) is 3.75. The van der Waals surface area contributed by atoms with Crippen LogP contribution >= 0.6 is 0 Å². The van der Waals surface area contributed by atoms with Crippen molar-refractivity contribution in [2.24, 2.45) is 10.9 Å². The van der Waals surface area contributed by atoms with Crippen LogP contribution < -0.4 is 24.8 Å². The first kappa shape index (κ1) is 20.9. The van der Waals surface area contributed by atoms with Crippen molar-refractivity contribution in [3.8, 4) is 17.2 Å².